The van der Waals surface area contributed by atoms with Crippen molar-refractivity contribution >= 4 is 38.9 Å². The van der Waals surface area contributed by atoms with Gasteiger partial charge < -0.3 is 10.1 Å². The van der Waals surface area contributed by atoms with E-state index in [1.165, 1.54) is 12.8 Å². The van der Waals surface area contributed by atoms with Crippen LogP contribution in [0, 0.1) is 3.57 Å². The van der Waals surface area contributed by atoms with Crippen molar-refractivity contribution in [1.29, 1.82) is 0 Å². The van der Waals surface area contributed by atoms with E-state index < -0.39 is 0 Å². The largest absolute Gasteiger partial charge is 0.437 e. The summed E-state index contributed by atoms with van der Waals surface area (Å²) >= 11 is 3.92. The van der Waals surface area contributed by atoms with Gasteiger partial charge in [0, 0.05) is 27.7 Å². The predicted octanol–water partition coefficient (Wildman–Crippen LogP) is 4.04. The highest BCUT2D eigenvalue weighted by Crippen LogP contribution is 2.29. The highest BCUT2D eigenvalue weighted by molar-refractivity contribution is 14.1. The molecule has 0 amide bonds. The highest BCUT2D eigenvalue weighted by atomic mass is 127. The van der Waals surface area contributed by atoms with Gasteiger partial charge in [-0.2, -0.15) is 4.98 Å². The topological polar surface area (TPSA) is 38.6 Å². The number of aromatic nitrogens is 2. The predicted molar refractivity (Wildman–Crippen MR) is 92.2 cm³/mol. The Kier molecular flexibility index (Phi) is 3.60. The summed E-state index contributed by atoms with van der Waals surface area (Å²) in [5.41, 5.74) is 1.09. The molecule has 108 valence electrons. The summed E-state index contributed by atoms with van der Waals surface area (Å²) in [4.78, 5) is 5.59. The molecule has 1 aliphatic carbocycles. The first-order chi connectivity index (χ1) is 10.3. The average molecular weight is 411 g/mol. The molecule has 21 heavy (non-hydrogen) atoms. The van der Waals surface area contributed by atoms with Crippen LogP contribution in [0.15, 0.2) is 35.8 Å². The summed E-state index contributed by atoms with van der Waals surface area (Å²) in [6.45, 7) is 0.793. The summed E-state index contributed by atoms with van der Waals surface area (Å²) in [6.07, 6.45) is 4.61. The molecule has 0 spiro atoms. The van der Waals surface area contributed by atoms with E-state index in [4.69, 9.17) is 4.74 Å². The summed E-state index contributed by atoms with van der Waals surface area (Å²) in [5, 5.41) is 5.59. The van der Waals surface area contributed by atoms with Gasteiger partial charge in [-0.05, 0) is 53.6 Å². The second-order valence-corrected chi connectivity index (χ2v) is 7.25. The molecule has 4 rings (SSSR count). The molecule has 2 aromatic heterocycles. The molecule has 0 atom stereocenters. The second kappa shape index (κ2) is 5.58. The zero-order valence-corrected chi connectivity index (χ0v) is 14.2. The molecule has 1 N–H and O–H groups in total. The van der Waals surface area contributed by atoms with Crippen LogP contribution in [0.4, 0.5) is 0 Å². The maximum absolute atomic E-state index is 6.02. The fourth-order valence-electron chi connectivity index (χ4n) is 2.23. The number of ether oxygens (including phenoxy) is 1. The molecule has 1 saturated carbocycles. The van der Waals surface area contributed by atoms with Crippen LogP contribution in [-0.4, -0.2) is 15.4 Å². The molecule has 0 saturated heterocycles. The molecule has 0 radical (unpaired) electrons. The molecule has 3 aromatic rings. The molecular weight excluding hydrogens is 397 g/mol. The van der Waals surface area contributed by atoms with Crippen LogP contribution < -0.4 is 10.1 Å². The number of benzene rings is 1. The quantitative estimate of drug-likeness (QED) is 0.644. The van der Waals surface area contributed by atoms with Gasteiger partial charge in [0.2, 0.25) is 5.88 Å². The fraction of sp³-hybridized carbons (Fsp3) is 0.267. The van der Waals surface area contributed by atoms with Crippen LogP contribution in [0.5, 0.6) is 11.6 Å². The van der Waals surface area contributed by atoms with Gasteiger partial charge in [-0.3, -0.25) is 4.40 Å². The number of fused-ring (bicyclic) bond motifs is 1. The SMILES string of the molecule is Ic1cccc(Oc2nc3sccn3c2CNC2CC2)c1. The zero-order valence-electron chi connectivity index (χ0n) is 11.3. The van der Waals surface area contributed by atoms with E-state index in [2.05, 4.69) is 54.9 Å². The van der Waals surface area contributed by atoms with Gasteiger partial charge in [0.1, 0.15) is 11.4 Å². The van der Waals surface area contributed by atoms with Crippen molar-refractivity contribution in [1.82, 2.24) is 14.7 Å². The van der Waals surface area contributed by atoms with Crippen LogP contribution in [0.2, 0.25) is 0 Å². The van der Waals surface area contributed by atoms with Crippen molar-refractivity contribution in [2.75, 3.05) is 0 Å². The number of hydrogen-bond donors (Lipinski definition) is 1. The van der Waals surface area contributed by atoms with E-state index in [1.807, 2.05) is 18.2 Å². The molecule has 6 heteroatoms. The molecule has 1 fully saturated rings. The van der Waals surface area contributed by atoms with Gasteiger partial charge in [-0.1, -0.05) is 6.07 Å². The summed E-state index contributed by atoms with van der Waals surface area (Å²) < 4.78 is 9.29. The van der Waals surface area contributed by atoms with Crippen LogP contribution >= 0.6 is 33.9 Å². The van der Waals surface area contributed by atoms with Crippen LogP contribution in [0.25, 0.3) is 4.96 Å². The average Bonchev–Trinajstić information content (AvgIpc) is 3.08. The third-order valence-electron chi connectivity index (χ3n) is 3.47. The Morgan fingerprint density at radius 2 is 2.33 bits per heavy atom. The van der Waals surface area contributed by atoms with E-state index >= 15 is 0 Å². The van der Waals surface area contributed by atoms with E-state index in [0.717, 1.165) is 26.5 Å². The van der Waals surface area contributed by atoms with Crippen molar-refractivity contribution in [2.45, 2.75) is 25.4 Å². The lowest BCUT2D eigenvalue weighted by Gasteiger charge is -2.07. The van der Waals surface area contributed by atoms with Crippen LogP contribution in [-0.2, 0) is 6.54 Å². The Labute approximate surface area is 140 Å². The lowest BCUT2D eigenvalue weighted by molar-refractivity contribution is 0.455. The summed E-state index contributed by atoms with van der Waals surface area (Å²) in [6, 6.07) is 8.70. The van der Waals surface area contributed by atoms with Crippen molar-refractivity contribution in [3.05, 3.63) is 45.1 Å². The lowest BCUT2D eigenvalue weighted by Crippen LogP contribution is -2.16. The Balaban J connectivity index is 1.65. The maximum Gasteiger partial charge on any atom is 0.243 e. The Morgan fingerprint density at radius 1 is 1.43 bits per heavy atom. The lowest BCUT2D eigenvalue weighted by atomic mass is 10.3. The molecule has 1 aliphatic rings. The highest BCUT2D eigenvalue weighted by Gasteiger charge is 2.23. The third kappa shape index (κ3) is 2.93. The maximum atomic E-state index is 6.02. The molecule has 4 nitrogen and oxygen atoms in total. The number of nitrogens with zero attached hydrogens (tertiary/aromatic N) is 2. The van der Waals surface area contributed by atoms with Gasteiger partial charge >= 0.3 is 0 Å². The Bertz CT molecular complexity index is 778. The molecular formula is C15H14IN3OS. The fourth-order valence-corrected chi connectivity index (χ4v) is 3.46. The van der Waals surface area contributed by atoms with Gasteiger partial charge in [0.25, 0.3) is 0 Å². The number of hydrogen-bond acceptors (Lipinski definition) is 4. The molecule has 0 unspecified atom stereocenters. The van der Waals surface area contributed by atoms with Crippen LogP contribution in [0.1, 0.15) is 18.5 Å². The molecule has 0 bridgehead atoms. The number of nitrogens with one attached hydrogen (secondary N) is 1. The standard InChI is InChI=1S/C15H14IN3OS/c16-10-2-1-3-12(8-10)20-14-13(9-17-11-4-5-11)19-6-7-21-15(19)18-14/h1-3,6-8,11,17H,4-5,9H2. The van der Waals surface area contributed by atoms with Crippen LogP contribution in [0.3, 0.4) is 0 Å². The minimum Gasteiger partial charge on any atom is -0.437 e. The van der Waals surface area contributed by atoms with Crippen molar-refractivity contribution in [3.63, 3.8) is 0 Å². The Morgan fingerprint density at radius 3 is 3.14 bits per heavy atom. The van der Waals surface area contributed by atoms with Gasteiger partial charge in [0.15, 0.2) is 4.96 Å². The third-order valence-corrected chi connectivity index (χ3v) is 4.90. The number of thiazole rings is 1. The number of imidazole rings is 1. The Hall–Kier alpha value is -1.12. The van der Waals surface area contributed by atoms with Crippen molar-refractivity contribution < 1.29 is 4.74 Å². The molecule has 1 aromatic carbocycles. The molecule has 2 heterocycles. The van der Waals surface area contributed by atoms with Crippen molar-refractivity contribution in [3.8, 4) is 11.6 Å². The van der Waals surface area contributed by atoms with Gasteiger partial charge in [-0.15, -0.1) is 11.3 Å². The van der Waals surface area contributed by atoms with Gasteiger partial charge in [0.05, 0.1) is 0 Å². The van der Waals surface area contributed by atoms with Crippen molar-refractivity contribution in [2.24, 2.45) is 0 Å². The smallest absolute Gasteiger partial charge is 0.243 e. The van der Waals surface area contributed by atoms with E-state index in [-0.39, 0.29) is 0 Å². The molecule has 0 aliphatic heterocycles. The number of rotatable bonds is 5. The second-order valence-electron chi connectivity index (χ2n) is 5.13. The van der Waals surface area contributed by atoms with E-state index in [9.17, 15) is 0 Å². The first kappa shape index (κ1) is 13.5. The first-order valence-electron chi connectivity index (χ1n) is 6.91. The number of halogens is 1. The van der Waals surface area contributed by atoms with Gasteiger partial charge in [-0.25, -0.2) is 0 Å². The zero-order chi connectivity index (χ0) is 14.2. The summed E-state index contributed by atoms with van der Waals surface area (Å²) in [7, 11) is 0. The van der Waals surface area contributed by atoms with E-state index in [1.54, 1.807) is 11.3 Å². The minimum absolute atomic E-state index is 0.666. The normalized spacial score (nSPS) is 14.7. The first-order valence-corrected chi connectivity index (χ1v) is 8.87. The summed E-state index contributed by atoms with van der Waals surface area (Å²) in [5.74, 6) is 1.54. The van der Waals surface area contributed by atoms with E-state index in [0.29, 0.717) is 11.9 Å². The monoisotopic (exact) mass is 411 g/mol. The minimum atomic E-state index is 0.666.